The number of ether oxygens (including phenoxy) is 5. The van der Waals surface area contributed by atoms with Gasteiger partial charge in [-0.05, 0) is 165 Å². The number of nitrogens with zero attached hydrogens (tertiary/aromatic N) is 2. The number of halogens is 1. The highest BCUT2D eigenvalue weighted by atomic mass is 35.5. The van der Waals surface area contributed by atoms with Gasteiger partial charge >= 0.3 is 5.97 Å². The minimum absolute atomic E-state index is 0.0380. The van der Waals surface area contributed by atoms with Crippen molar-refractivity contribution in [2.24, 2.45) is 23.7 Å². The Morgan fingerprint density at radius 3 is 2.17 bits per heavy atom. The summed E-state index contributed by atoms with van der Waals surface area (Å²) in [6.07, 6.45) is 8.15. The van der Waals surface area contributed by atoms with Crippen molar-refractivity contribution in [3.8, 4) is 17.2 Å². The summed E-state index contributed by atoms with van der Waals surface area (Å²) in [7, 11) is 1.38. The first-order valence-electron chi connectivity index (χ1n) is 23.1. The molecule has 12 heteroatoms. The van der Waals surface area contributed by atoms with E-state index in [0.29, 0.717) is 24.0 Å². The van der Waals surface area contributed by atoms with Gasteiger partial charge in [0, 0.05) is 43.7 Å². The smallest absolute Gasteiger partial charge is 0.338 e. The van der Waals surface area contributed by atoms with Crippen LogP contribution in [0.4, 0.5) is 5.69 Å². The second-order valence-electron chi connectivity index (χ2n) is 19.8. The molecule has 6 atom stereocenters. The van der Waals surface area contributed by atoms with Gasteiger partial charge in [0.1, 0.15) is 22.8 Å². The molecule has 3 aliphatic carbocycles. The largest absolute Gasteiger partial charge is 0.497 e. The molecule has 1 aliphatic heterocycles. The Bertz CT molecular complexity index is 2420. The zero-order chi connectivity index (χ0) is 46.1. The van der Waals surface area contributed by atoms with Crippen molar-refractivity contribution in [3.05, 3.63) is 129 Å². The summed E-state index contributed by atoms with van der Waals surface area (Å²) in [6, 6.07) is 27.1. The first-order valence-corrected chi connectivity index (χ1v) is 25.1. The van der Waals surface area contributed by atoms with E-state index in [1.54, 1.807) is 25.6 Å². The van der Waals surface area contributed by atoms with Crippen LogP contribution in [0.2, 0.25) is 5.02 Å². The third kappa shape index (κ3) is 10.5. The van der Waals surface area contributed by atoms with Gasteiger partial charge in [-0.25, -0.2) is 13.2 Å². The van der Waals surface area contributed by atoms with Crippen molar-refractivity contribution in [2.75, 3.05) is 51.7 Å². The van der Waals surface area contributed by atoms with Gasteiger partial charge in [-0.15, -0.1) is 0 Å². The predicted octanol–water partition coefficient (Wildman–Crippen LogP) is 10.4. The van der Waals surface area contributed by atoms with E-state index < -0.39 is 15.6 Å². The molecule has 1 saturated carbocycles. The zero-order valence-corrected chi connectivity index (χ0v) is 40.6. The predicted molar refractivity (Wildman–Crippen MR) is 257 cm³/mol. The average molecular weight is 926 g/mol. The lowest BCUT2D eigenvalue weighted by Gasteiger charge is -2.48. The fourth-order valence-corrected chi connectivity index (χ4v) is 12.5. The third-order valence-electron chi connectivity index (χ3n) is 14.1. The van der Waals surface area contributed by atoms with E-state index >= 15 is 0 Å². The van der Waals surface area contributed by atoms with Gasteiger partial charge in [0.25, 0.3) is 0 Å². The number of anilines is 1. The molecule has 1 spiro atoms. The van der Waals surface area contributed by atoms with Gasteiger partial charge in [0.05, 0.1) is 43.9 Å². The van der Waals surface area contributed by atoms with Crippen LogP contribution in [0, 0.1) is 23.7 Å². The number of fused-ring (bicyclic) bond motifs is 3. The first kappa shape index (κ1) is 47.0. The van der Waals surface area contributed by atoms with Gasteiger partial charge < -0.3 is 28.6 Å². The summed E-state index contributed by atoms with van der Waals surface area (Å²) in [5, 5.41) is 0.750. The lowest BCUT2D eigenvalue weighted by molar-refractivity contribution is -0.000292. The van der Waals surface area contributed by atoms with Crippen LogP contribution < -0.4 is 19.1 Å². The number of benzene rings is 4. The third-order valence-corrected chi connectivity index (χ3v) is 16.4. The van der Waals surface area contributed by atoms with Crippen molar-refractivity contribution >= 4 is 33.3 Å². The van der Waals surface area contributed by atoms with Gasteiger partial charge in [0.15, 0.2) is 0 Å². The Morgan fingerprint density at radius 1 is 0.923 bits per heavy atom. The van der Waals surface area contributed by atoms with Crippen LogP contribution in [0.3, 0.4) is 0 Å². The van der Waals surface area contributed by atoms with Crippen LogP contribution in [-0.2, 0) is 44.4 Å². The standard InChI is InChI=1S/C53H65ClN2O8S/c1-35(32-65(58,59)56(29-36-10-17-44(60-5)18-11-36)30-37-12-19-45(61-6)20-13-37)41-25-42(26-41)50(62-7)46-21-14-40(46)31-55-33-53(24-8-9-38-27-43(54)16-22-47(38)53)34-63-49-23-15-39(28-48(49)55)51(57)64-52(2,3)4/h10-13,15-20,22-23,25,27-28,35,40-41,46,50H,8-9,14,21,24,26,29-34H2,1-7H3/t35-,40+,41+,46-,50+,53+/m1/s1. The number of allylic oxidation sites excluding steroid dienone is 1. The highest BCUT2D eigenvalue weighted by Gasteiger charge is 2.46. The Balaban J connectivity index is 0.992. The number of carbonyl (C=O) groups excluding carboxylic acids is 1. The van der Waals surface area contributed by atoms with Crippen LogP contribution >= 0.6 is 11.6 Å². The SMILES string of the molecule is COc1ccc(CN(Cc2ccc(OC)cc2)S(=O)(=O)C[C@@H](C)[C@H]2C=C([C@H](OC)[C@@H]3CC[C@H]3CN3C[C@@]4(CCCc5cc(Cl)ccc54)COc4ccc(C(=O)OC(C)(C)C)cc43)C2)cc1. The van der Waals surface area contributed by atoms with E-state index in [4.69, 9.17) is 35.3 Å². The van der Waals surface area contributed by atoms with E-state index in [2.05, 4.69) is 30.0 Å². The van der Waals surface area contributed by atoms with Gasteiger partial charge in [-0.2, -0.15) is 4.31 Å². The molecule has 1 fully saturated rings. The second-order valence-corrected chi connectivity index (χ2v) is 22.2. The van der Waals surface area contributed by atoms with Crippen molar-refractivity contribution in [1.82, 2.24) is 4.31 Å². The minimum Gasteiger partial charge on any atom is -0.497 e. The Morgan fingerprint density at radius 2 is 1.58 bits per heavy atom. The molecule has 65 heavy (non-hydrogen) atoms. The van der Waals surface area contributed by atoms with Crippen LogP contribution in [-0.4, -0.2) is 77.2 Å². The average Bonchev–Trinajstić information content (AvgIpc) is 3.40. The number of hydrogen-bond donors (Lipinski definition) is 0. The molecule has 0 saturated heterocycles. The minimum atomic E-state index is -3.67. The quantitative estimate of drug-likeness (QED) is 0.0803. The zero-order valence-electron chi connectivity index (χ0n) is 39.0. The number of esters is 1. The van der Waals surface area contributed by atoms with Gasteiger partial charge in [0.2, 0.25) is 10.0 Å². The number of methoxy groups -OCH3 is 3. The van der Waals surface area contributed by atoms with E-state index in [1.165, 1.54) is 16.7 Å². The van der Waals surface area contributed by atoms with E-state index in [1.807, 2.05) is 93.6 Å². The van der Waals surface area contributed by atoms with Crippen molar-refractivity contribution in [3.63, 3.8) is 0 Å². The molecule has 4 aromatic carbocycles. The van der Waals surface area contributed by atoms with E-state index in [9.17, 15) is 13.2 Å². The molecule has 0 N–H and O–H groups in total. The molecular formula is C53H65ClN2O8S. The number of sulfonamides is 1. The Kier molecular flexibility index (Phi) is 14.0. The summed E-state index contributed by atoms with van der Waals surface area (Å²) in [5.41, 5.74) is 6.16. The molecule has 10 nitrogen and oxygen atoms in total. The fraction of sp³-hybridized carbons (Fsp3) is 0.491. The number of rotatable bonds is 16. The lowest BCUT2D eigenvalue weighted by Crippen LogP contribution is -2.50. The summed E-state index contributed by atoms with van der Waals surface area (Å²) in [6.45, 7) is 10.3. The topological polar surface area (TPSA) is 104 Å². The highest BCUT2D eigenvalue weighted by Crippen LogP contribution is 2.49. The number of hydrogen-bond acceptors (Lipinski definition) is 9. The van der Waals surface area contributed by atoms with Crippen LogP contribution in [0.15, 0.2) is 96.6 Å². The molecule has 0 bridgehead atoms. The molecule has 4 aliphatic rings. The maximum atomic E-state index is 14.3. The van der Waals surface area contributed by atoms with Gasteiger partial charge in [-0.1, -0.05) is 54.9 Å². The summed E-state index contributed by atoms with van der Waals surface area (Å²) < 4.78 is 59.8. The maximum Gasteiger partial charge on any atom is 0.338 e. The van der Waals surface area contributed by atoms with Crippen molar-refractivity contribution < 1.29 is 36.9 Å². The Hall–Kier alpha value is -4.55. The molecular weight excluding hydrogens is 860 g/mol. The van der Waals surface area contributed by atoms with Gasteiger partial charge in [-0.3, -0.25) is 0 Å². The second kappa shape index (κ2) is 19.4. The maximum absolute atomic E-state index is 14.3. The van der Waals surface area contributed by atoms with E-state index in [-0.39, 0.29) is 48.2 Å². The monoisotopic (exact) mass is 924 g/mol. The normalized spacial score (nSPS) is 22.6. The first-order chi connectivity index (χ1) is 31.1. The Labute approximate surface area is 391 Å². The summed E-state index contributed by atoms with van der Waals surface area (Å²) in [4.78, 5) is 15.9. The van der Waals surface area contributed by atoms with E-state index in [0.717, 1.165) is 90.7 Å². The summed E-state index contributed by atoms with van der Waals surface area (Å²) in [5.74, 6) is 2.57. The molecule has 0 aromatic heterocycles. The van der Waals surface area contributed by atoms with Crippen LogP contribution in [0.1, 0.15) is 92.4 Å². The number of aryl methyl sites for hydroxylation is 1. The molecule has 8 rings (SSSR count). The molecule has 0 unspecified atom stereocenters. The fourth-order valence-electron chi connectivity index (χ4n) is 10.5. The van der Waals surface area contributed by atoms with Crippen molar-refractivity contribution in [1.29, 1.82) is 0 Å². The molecule has 1 heterocycles. The molecule has 0 amide bonds. The highest BCUT2D eigenvalue weighted by molar-refractivity contribution is 7.89. The van der Waals surface area contributed by atoms with Crippen LogP contribution in [0.5, 0.6) is 17.2 Å². The summed E-state index contributed by atoms with van der Waals surface area (Å²) >= 11 is 6.53. The number of carbonyl (C=O) groups is 1. The van der Waals surface area contributed by atoms with Crippen LogP contribution in [0.25, 0.3) is 0 Å². The van der Waals surface area contributed by atoms with Crippen molar-refractivity contribution in [2.45, 2.75) is 96.4 Å². The molecule has 348 valence electrons. The molecule has 4 aromatic rings. The lowest BCUT2D eigenvalue weighted by atomic mass is 9.64. The molecule has 0 radical (unpaired) electrons.